The molecule has 3 aromatic rings. The second-order valence-electron chi connectivity index (χ2n) is 8.23. The fraction of sp³-hybridized carbons (Fsp3) is 0.333. The molecule has 1 aliphatic heterocycles. The average Bonchev–Trinajstić information content (AvgIpc) is 3.54. The number of methoxy groups -OCH3 is 1. The van der Waals surface area contributed by atoms with Crippen molar-refractivity contribution < 1.29 is 28.3 Å². The van der Waals surface area contributed by atoms with E-state index in [-0.39, 0.29) is 17.4 Å². The lowest BCUT2D eigenvalue weighted by Crippen LogP contribution is -2.38. The Hall–Kier alpha value is -3.19. The summed E-state index contributed by atoms with van der Waals surface area (Å²) in [5, 5.41) is 11.8. The van der Waals surface area contributed by atoms with Gasteiger partial charge in [0.2, 0.25) is 5.78 Å². The number of aryl methyl sites for hydroxylation is 1. The second kappa shape index (κ2) is 7.74. The number of furan rings is 2. The maximum atomic E-state index is 13.6. The molecule has 1 fully saturated rings. The molecule has 0 bridgehead atoms. The van der Waals surface area contributed by atoms with Gasteiger partial charge in [-0.2, -0.15) is 0 Å². The van der Waals surface area contributed by atoms with Crippen LogP contribution in [0.1, 0.15) is 53.8 Å². The van der Waals surface area contributed by atoms with Gasteiger partial charge in [-0.1, -0.05) is 24.4 Å². The van der Waals surface area contributed by atoms with Gasteiger partial charge in [0.25, 0.3) is 5.91 Å². The number of hydrogen-bond acceptors (Lipinski definition) is 6. The van der Waals surface area contributed by atoms with Crippen molar-refractivity contribution in [3.63, 3.8) is 0 Å². The number of ether oxygens (including phenoxy) is 1. The third-order valence-electron chi connectivity index (χ3n) is 6.23. The van der Waals surface area contributed by atoms with Crippen molar-refractivity contribution in [3.05, 3.63) is 64.0 Å². The van der Waals surface area contributed by atoms with Gasteiger partial charge >= 0.3 is 0 Å². The number of ketones is 1. The normalized spacial score (nSPS) is 19.5. The molecular weight excluding hydrogens is 434 g/mol. The molecule has 1 aromatic carbocycles. The quantitative estimate of drug-likeness (QED) is 0.509. The van der Waals surface area contributed by atoms with E-state index < -0.39 is 23.5 Å². The van der Waals surface area contributed by atoms with Crippen LogP contribution in [0.5, 0.6) is 5.75 Å². The van der Waals surface area contributed by atoms with Crippen LogP contribution in [0.3, 0.4) is 0 Å². The number of aliphatic hydroxyl groups is 1. The van der Waals surface area contributed by atoms with Crippen LogP contribution in [0, 0.1) is 6.92 Å². The first kappa shape index (κ1) is 20.7. The van der Waals surface area contributed by atoms with E-state index in [1.54, 1.807) is 42.2 Å². The van der Waals surface area contributed by atoms with Crippen molar-refractivity contribution in [1.82, 2.24) is 4.90 Å². The Morgan fingerprint density at radius 2 is 1.94 bits per heavy atom. The van der Waals surface area contributed by atoms with Crippen LogP contribution in [0.2, 0.25) is 5.02 Å². The number of benzene rings is 1. The number of hydrogen-bond donors (Lipinski definition) is 1. The summed E-state index contributed by atoms with van der Waals surface area (Å²) in [6, 6.07) is 7.42. The third kappa shape index (κ3) is 3.19. The molecule has 1 unspecified atom stereocenters. The lowest BCUT2D eigenvalue weighted by Gasteiger charge is -2.30. The number of Topliss-reactive ketones (excluding diaryl/α,β-unsaturated/α-hetero) is 1. The number of aliphatic hydroxyl groups excluding tert-OH is 1. The zero-order chi connectivity index (χ0) is 22.6. The molecular formula is C24H22ClNO6. The van der Waals surface area contributed by atoms with Crippen molar-refractivity contribution in [2.45, 2.75) is 44.7 Å². The summed E-state index contributed by atoms with van der Waals surface area (Å²) in [4.78, 5) is 28.3. The SMILES string of the molecule is COc1cc(Cl)cc2cc(C(=O)C3=C(O)C(=O)N(C4CCCC4)C3c3ccc(C)o3)oc12. The summed E-state index contributed by atoms with van der Waals surface area (Å²) >= 11 is 6.14. The van der Waals surface area contributed by atoms with Gasteiger partial charge in [-0.25, -0.2) is 0 Å². The Balaban J connectivity index is 1.62. The molecule has 1 saturated carbocycles. The molecule has 1 aliphatic carbocycles. The van der Waals surface area contributed by atoms with Gasteiger partial charge in [0.1, 0.15) is 17.6 Å². The van der Waals surface area contributed by atoms with Crippen molar-refractivity contribution in [2.24, 2.45) is 0 Å². The number of nitrogens with zero attached hydrogens (tertiary/aromatic N) is 1. The summed E-state index contributed by atoms with van der Waals surface area (Å²) in [6.07, 6.45) is 3.62. The number of halogens is 1. The van der Waals surface area contributed by atoms with Crippen LogP contribution in [0.4, 0.5) is 0 Å². The van der Waals surface area contributed by atoms with Crippen molar-refractivity contribution >= 4 is 34.3 Å². The average molecular weight is 456 g/mol. The highest BCUT2D eigenvalue weighted by Gasteiger charge is 2.49. The molecule has 8 heteroatoms. The maximum Gasteiger partial charge on any atom is 0.290 e. The van der Waals surface area contributed by atoms with Crippen LogP contribution >= 0.6 is 11.6 Å². The van der Waals surface area contributed by atoms with Crippen molar-refractivity contribution in [1.29, 1.82) is 0 Å². The van der Waals surface area contributed by atoms with E-state index in [2.05, 4.69) is 0 Å². The van der Waals surface area contributed by atoms with Gasteiger partial charge in [-0.15, -0.1) is 0 Å². The number of rotatable bonds is 5. The van der Waals surface area contributed by atoms with E-state index in [0.717, 1.165) is 25.7 Å². The van der Waals surface area contributed by atoms with Crippen LogP contribution in [0.15, 0.2) is 50.5 Å². The van der Waals surface area contributed by atoms with Gasteiger partial charge in [-0.05, 0) is 44.0 Å². The van der Waals surface area contributed by atoms with E-state index in [0.29, 0.717) is 33.3 Å². The van der Waals surface area contributed by atoms with Gasteiger partial charge in [0, 0.05) is 22.5 Å². The molecule has 166 valence electrons. The molecule has 0 saturated heterocycles. The Morgan fingerprint density at radius 1 is 1.19 bits per heavy atom. The lowest BCUT2D eigenvalue weighted by molar-refractivity contribution is -0.132. The fourth-order valence-electron chi connectivity index (χ4n) is 4.78. The van der Waals surface area contributed by atoms with Crippen LogP contribution in [-0.2, 0) is 4.79 Å². The highest BCUT2D eigenvalue weighted by atomic mass is 35.5. The van der Waals surface area contributed by atoms with Crippen LogP contribution < -0.4 is 4.74 Å². The molecule has 32 heavy (non-hydrogen) atoms. The Bertz CT molecular complexity index is 1260. The summed E-state index contributed by atoms with van der Waals surface area (Å²) in [5.74, 6) is -0.242. The smallest absolute Gasteiger partial charge is 0.290 e. The monoisotopic (exact) mass is 455 g/mol. The fourth-order valence-corrected chi connectivity index (χ4v) is 4.99. The van der Waals surface area contributed by atoms with Crippen LogP contribution in [0.25, 0.3) is 11.0 Å². The zero-order valence-corrected chi connectivity index (χ0v) is 18.4. The summed E-state index contributed by atoms with van der Waals surface area (Å²) < 4.78 is 17.0. The first-order valence-electron chi connectivity index (χ1n) is 10.5. The number of fused-ring (bicyclic) bond motifs is 1. The zero-order valence-electron chi connectivity index (χ0n) is 17.7. The molecule has 1 atom stereocenters. The topological polar surface area (TPSA) is 93.1 Å². The highest BCUT2D eigenvalue weighted by Crippen LogP contribution is 2.44. The Kier molecular flexibility index (Phi) is 5.01. The van der Waals surface area contributed by atoms with Crippen molar-refractivity contribution in [2.75, 3.05) is 7.11 Å². The molecule has 2 aromatic heterocycles. The predicted molar refractivity (Wildman–Crippen MR) is 117 cm³/mol. The molecule has 3 heterocycles. The molecule has 0 spiro atoms. The van der Waals surface area contributed by atoms with Crippen molar-refractivity contribution in [3.8, 4) is 5.75 Å². The van der Waals surface area contributed by atoms with E-state index in [1.165, 1.54) is 7.11 Å². The van der Waals surface area contributed by atoms with E-state index in [9.17, 15) is 14.7 Å². The standard InChI is InChI=1S/C24H22ClNO6/c1-12-7-8-16(31-12)20-19(22(28)24(29)26(20)15-5-3-4-6-15)21(27)17-10-13-9-14(25)11-18(30-2)23(13)32-17/h7-11,15,20,28H,3-6H2,1-2H3. The molecule has 7 nitrogen and oxygen atoms in total. The highest BCUT2D eigenvalue weighted by molar-refractivity contribution is 6.31. The summed E-state index contributed by atoms with van der Waals surface area (Å²) in [6.45, 7) is 1.79. The van der Waals surface area contributed by atoms with Gasteiger partial charge in [-0.3, -0.25) is 9.59 Å². The molecule has 2 aliphatic rings. The molecule has 1 N–H and O–H groups in total. The van der Waals surface area contributed by atoms with E-state index in [4.69, 9.17) is 25.2 Å². The van der Waals surface area contributed by atoms with Gasteiger partial charge in [0.05, 0.1) is 12.7 Å². The number of amides is 1. The summed E-state index contributed by atoms with van der Waals surface area (Å²) in [5.41, 5.74) is 0.322. The first-order valence-corrected chi connectivity index (χ1v) is 10.9. The number of carbonyl (C=O) groups is 2. The largest absolute Gasteiger partial charge is 0.503 e. The summed E-state index contributed by atoms with van der Waals surface area (Å²) in [7, 11) is 1.48. The Morgan fingerprint density at radius 3 is 2.59 bits per heavy atom. The predicted octanol–water partition coefficient (Wildman–Crippen LogP) is 5.52. The van der Waals surface area contributed by atoms with E-state index in [1.807, 2.05) is 0 Å². The van der Waals surface area contributed by atoms with Gasteiger partial charge < -0.3 is 23.6 Å². The third-order valence-corrected chi connectivity index (χ3v) is 6.45. The Labute approximate surface area is 189 Å². The lowest BCUT2D eigenvalue weighted by atomic mass is 9.98. The second-order valence-corrected chi connectivity index (χ2v) is 8.67. The minimum atomic E-state index is -0.814. The molecule has 5 rings (SSSR count). The van der Waals surface area contributed by atoms with E-state index >= 15 is 0 Å². The maximum absolute atomic E-state index is 13.6. The first-order chi connectivity index (χ1) is 15.4. The van der Waals surface area contributed by atoms with Gasteiger partial charge in [0.15, 0.2) is 22.9 Å². The minimum absolute atomic E-state index is 0.0172. The molecule has 1 amide bonds. The van der Waals surface area contributed by atoms with Crippen LogP contribution in [-0.4, -0.2) is 34.8 Å². The number of carbonyl (C=O) groups excluding carboxylic acids is 2. The molecule has 0 radical (unpaired) electrons. The minimum Gasteiger partial charge on any atom is -0.503 e.